The molecule has 1 amide bonds. The number of para-hydroxylation sites is 1. The molecular formula is C16H12ClF3N2O. The second-order valence-corrected chi connectivity index (χ2v) is 5.63. The number of hydrogen-bond acceptors (Lipinski definition) is 2. The third kappa shape index (κ3) is 3.27. The molecule has 0 saturated heterocycles. The predicted molar refractivity (Wildman–Crippen MR) is 81.3 cm³/mol. The molecule has 0 bridgehead atoms. The summed E-state index contributed by atoms with van der Waals surface area (Å²) < 4.78 is 38.7. The van der Waals surface area contributed by atoms with Gasteiger partial charge in [-0.05, 0) is 29.8 Å². The van der Waals surface area contributed by atoms with Gasteiger partial charge in [-0.25, -0.2) is 0 Å². The van der Waals surface area contributed by atoms with Crippen molar-refractivity contribution in [1.82, 2.24) is 4.90 Å². The van der Waals surface area contributed by atoms with Crippen molar-refractivity contribution in [2.75, 3.05) is 11.9 Å². The summed E-state index contributed by atoms with van der Waals surface area (Å²) in [7, 11) is 0. The Morgan fingerprint density at radius 1 is 1.09 bits per heavy atom. The summed E-state index contributed by atoms with van der Waals surface area (Å²) in [5, 5.41) is 3.47. The van der Waals surface area contributed by atoms with Crippen molar-refractivity contribution in [3.63, 3.8) is 0 Å². The third-order valence-electron chi connectivity index (χ3n) is 3.56. The van der Waals surface area contributed by atoms with E-state index < -0.39 is 24.8 Å². The standard InChI is InChI=1S/C16H12ClF3N2O/c17-11-7-5-10(6-8-11)14-21-13-4-2-1-3-12(13)15(23)22(14)9-16(18,19)20/h1-8,14,21H,9H2. The lowest BCUT2D eigenvalue weighted by molar-refractivity contribution is -0.144. The van der Waals surface area contributed by atoms with Crippen molar-refractivity contribution >= 4 is 23.2 Å². The molecule has 1 aliphatic heterocycles. The molecule has 0 spiro atoms. The molecule has 2 aromatic carbocycles. The van der Waals surface area contributed by atoms with Crippen molar-refractivity contribution in [2.45, 2.75) is 12.3 Å². The first-order chi connectivity index (χ1) is 10.8. The summed E-state index contributed by atoms with van der Waals surface area (Å²) >= 11 is 5.82. The Bertz CT molecular complexity index is 731. The van der Waals surface area contributed by atoms with Gasteiger partial charge in [0.25, 0.3) is 5.91 Å². The summed E-state index contributed by atoms with van der Waals surface area (Å²) in [6.07, 6.45) is -5.40. The fourth-order valence-corrected chi connectivity index (χ4v) is 2.68. The summed E-state index contributed by atoms with van der Waals surface area (Å²) in [4.78, 5) is 13.3. The van der Waals surface area contributed by atoms with Crippen LogP contribution in [0.3, 0.4) is 0 Å². The lowest BCUT2D eigenvalue weighted by atomic mass is 10.0. The van der Waals surface area contributed by atoms with Gasteiger partial charge in [-0.1, -0.05) is 35.9 Å². The number of rotatable bonds is 2. The lowest BCUT2D eigenvalue weighted by Gasteiger charge is -2.38. The number of nitrogens with zero attached hydrogens (tertiary/aromatic N) is 1. The highest BCUT2D eigenvalue weighted by molar-refractivity contribution is 6.30. The third-order valence-corrected chi connectivity index (χ3v) is 3.81. The Morgan fingerprint density at radius 3 is 2.39 bits per heavy atom. The maximum atomic E-state index is 12.9. The number of carbonyl (C=O) groups excluding carboxylic acids is 1. The Kier molecular flexibility index (Phi) is 3.93. The maximum Gasteiger partial charge on any atom is 0.406 e. The van der Waals surface area contributed by atoms with Gasteiger partial charge in [0.1, 0.15) is 12.7 Å². The van der Waals surface area contributed by atoms with Gasteiger partial charge in [0.2, 0.25) is 0 Å². The number of carbonyl (C=O) groups is 1. The predicted octanol–water partition coefficient (Wildman–Crippen LogP) is 4.47. The van der Waals surface area contributed by atoms with Crippen LogP contribution in [0.5, 0.6) is 0 Å². The summed E-state index contributed by atoms with van der Waals surface area (Å²) in [5.74, 6) is -0.656. The molecular weight excluding hydrogens is 329 g/mol. The van der Waals surface area contributed by atoms with Crippen LogP contribution < -0.4 is 5.32 Å². The van der Waals surface area contributed by atoms with Gasteiger partial charge in [-0.2, -0.15) is 13.2 Å². The highest BCUT2D eigenvalue weighted by atomic mass is 35.5. The van der Waals surface area contributed by atoms with Gasteiger partial charge in [-0.15, -0.1) is 0 Å². The van der Waals surface area contributed by atoms with Gasteiger partial charge in [0.05, 0.1) is 5.56 Å². The number of nitrogens with one attached hydrogen (secondary N) is 1. The van der Waals surface area contributed by atoms with Crippen molar-refractivity contribution < 1.29 is 18.0 Å². The molecule has 23 heavy (non-hydrogen) atoms. The second-order valence-electron chi connectivity index (χ2n) is 5.19. The van der Waals surface area contributed by atoms with Gasteiger partial charge < -0.3 is 10.2 Å². The van der Waals surface area contributed by atoms with Crippen LogP contribution in [0, 0.1) is 0 Å². The minimum atomic E-state index is -4.49. The van der Waals surface area contributed by atoms with E-state index in [0.717, 1.165) is 4.90 Å². The zero-order valence-electron chi connectivity index (χ0n) is 11.8. The number of fused-ring (bicyclic) bond motifs is 1. The van der Waals surface area contributed by atoms with E-state index in [0.29, 0.717) is 16.3 Å². The molecule has 1 atom stereocenters. The molecule has 0 radical (unpaired) electrons. The minimum Gasteiger partial charge on any atom is -0.361 e. The number of hydrogen-bond donors (Lipinski definition) is 1. The molecule has 2 aromatic rings. The number of anilines is 1. The van der Waals surface area contributed by atoms with Crippen LogP contribution in [0.15, 0.2) is 48.5 Å². The minimum absolute atomic E-state index is 0.224. The van der Waals surface area contributed by atoms with E-state index >= 15 is 0 Å². The number of alkyl halides is 3. The monoisotopic (exact) mass is 340 g/mol. The van der Waals surface area contributed by atoms with E-state index in [9.17, 15) is 18.0 Å². The smallest absolute Gasteiger partial charge is 0.361 e. The SMILES string of the molecule is O=C1c2ccccc2NC(c2ccc(Cl)cc2)N1CC(F)(F)F. The normalized spacial score (nSPS) is 17.7. The van der Waals surface area contributed by atoms with E-state index in [4.69, 9.17) is 11.6 Å². The molecule has 0 aromatic heterocycles. The van der Waals surface area contributed by atoms with Crippen LogP contribution in [-0.4, -0.2) is 23.5 Å². The van der Waals surface area contributed by atoms with Crippen LogP contribution in [0.1, 0.15) is 22.1 Å². The molecule has 3 rings (SSSR count). The van der Waals surface area contributed by atoms with Crippen molar-refractivity contribution in [1.29, 1.82) is 0 Å². The molecule has 0 saturated carbocycles. The van der Waals surface area contributed by atoms with Gasteiger partial charge in [0.15, 0.2) is 0 Å². The largest absolute Gasteiger partial charge is 0.406 e. The topological polar surface area (TPSA) is 32.3 Å². The zero-order valence-corrected chi connectivity index (χ0v) is 12.5. The summed E-state index contributed by atoms with van der Waals surface area (Å²) in [6.45, 7) is -1.33. The average molecular weight is 341 g/mol. The first-order valence-electron chi connectivity index (χ1n) is 6.84. The van der Waals surface area contributed by atoms with Crippen molar-refractivity contribution in [2.24, 2.45) is 0 Å². The zero-order chi connectivity index (χ0) is 16.6. The molecule has 1 unspecified atom stereocenters. The van der Waals surface area contributed by atoms with Crippen LogP contribution in [0.4, 0.5) is 18.9 Å². The molecule has 1 aliphatic rings. The number of benzene rings is 2. The fourth-order valence-electron chi connectivity index (χ4n) is 2.56. The molecule has 1 N–H and O–H groups in total. The lowest BCUT2D eigenvalue weighted by Crippen LogP contribution is -2.47. The van der Waals surface area contributed by atoms with E-state index in [1.165, 1.54) is 6.07 Å². The summed E-state index contributed by atoms with van der Waals surface area (Å²) in [5.41, 5.74) is 1.26. The Hall–Kier alpha value is -2.21. The molecule has 0 aliphatic carbocycles. The van der Waals surface area contributed by atoms with Crippen LogP contribution in [0.25, 0.3) is 0 Å². The van der Waals surface area contributed by atoms with Gasteiger partial charge >= 0.3 is 6.18 Å². The average Bonchev–Trinajstić information content (AvgIpc) is 2.50. The highest BCUT2D eigenvalue weighted by Crippen LogP contribution is 2.35. The quantitative estimate of drug-likeness (QED) is 0.875. The Balaban J connectivity index is 2.04. The molecule has 7 heteroatoms. The van der Waals surface area contributed by atoms with E-state index in [1.54, 1.807) is 42.5 Å². The molecule has 120 valence electrons. The maximum absolute atomic E-state index is 12.9. The van der Waals surface area contributed by atoms with Crippen LogP contribution in [-0.2, 0) is 0 Å². The van der Waals surface area contributed by atoms with Gasteiger partial charge in [-0.3, -0.25) is 4.79 Å². The van der Waals surface area contributed by atoms with Crippen molar-refractivity contribution in [3.05, 3.63) is 64.7 Å². The Morgan fingerprint density at radius 2 is 1.74 bits per heavy atom. The first kappa shape index (κ1) is 15.7. The van der Waals surface area contributed by atoms with E-state index in [2.05, 4.69) is 5.32 Å². The van der Waals surface area contributed by atoms with Crippen molar-refractivity contribution in [3.8, 4) is 0 Å². The number of amides is 1. The molecule has 0 fully saturated rings. The fraction of sp³-hybridized carbons (Fsp3) is 0.188. The molecule has 3 nitrogen and oxygen atoms in total. The summed E-state index contributed by atoms with van der Waals surface area (Å²) in [6, 6.07) is 12.9. The van der Waals surface area contributed by atoms with E-state index in [-0.39, 0.29) is 5.56 Å². The Labute approximate surface area is 135 Å². The van der Waals surface area contributed by atoms with E-state index in [1.807, 2.05) is 0 Å². The number of halogens is 4. The first-order valence-corrected chi connectivity index (χ1v) is 7.22. The van der Waals surface area contributed by atoms with Crippen LogP contribution >= 0.6 is 11.6 Å². The highest BCUT2D eigenvalue weighted by Gasteiger charge is 2.40. The second kappa shape index (κ2) is 5.77. The molecule has 1 heterocycles. The van der Waals surface area contributed by atoms with Gasteiger partial charge in [0, 0.05) is 10.7 Å². The van der Waals surface area contributed by atoms with Crippen LogP contribution in [0.2, 0.25) is 5.02 Å².